The van der Waals surface area contributed by atoms with Crippen molar-refractivity contribution >= 4 is 43.8 Å². The van der Waals surface area contributed by atoms with E-state index in [9.17, 15) is 13.2 Å². The third-order valence-electron chi connectivity index (χ3n) is 2.27. The second-order valence-electron chi connectivity index (χ2n) is 3.64. The lowest BCUT2D eigenvalue weighted by atomic mass is 10.1. The summed E-state index contributed by atoms with van der Waals surface area (Å²) in [6.45, 7) is 3.26. The third kappa shape index (κ3) is 3.89. The zero-order valence-corrected chi connectivity index (χ0v) is 12.4. The van der Waals surface area contributed by atoms with Gasteiger partial charge in [-0.2, -0.15) is 0 Å². The molecule has 1 aromatic rings. The first kappa shape index (κ1) is 15.3. The molecule has 0 aromatic carbocycles. The Morgan fingerprint density at radius 3 is 2.72 bits per heavy atom. The van der Waals surface area contributed by atoms with Crippen molar-refractivity contribution in [1.29, 1.82) is 0 Å². The fourth-order valence-electron chi connectivity index (χ4n) is 1.03. The van der Waals surface area contributed by atoms with Gasteiger partial charge in [0.2, 0.25) is 25.2 Å². The molecule has 1 aromatic heterocycles. The van der Waals surface area contributed by atoms with Gasteiger partial charge in [0.25, 0.3) is 0 Å². The highest BCUT2D eigenvalue weighted by atomic mass is 35.5. The summed E-state index contributed by atoms with van der Waals surface area (Å²) in [5.41, 5.74) is 0. The highest BCUT2D eigenvalue weighted by Crippen LogP contribution is 2.21. The average Bonchev–Trinajstić information content (AvgIpc) is 2.78. The molecule has 0 aliphatic heterocycles. The van der Waals surface area contributed by atoms with Gasteiger partial charge in [0.15, 0.2) is 0 Å². The van der Waals surface area contributed by atoms with Crippen LogP contribution in [0.1, 0.15) is 20.3 Å². The SMILES string of the molecule is CCS(=O)(=O)c1nnc(NC(=O)C(C)CCCl)s1. The number of carbonyl (C=O) groups excluding carboxylic acids is 1. The zero-order chi connectivity index (χ0) is 13.8. The van der Waals surface area contributed by atoms with Gasteiger partial charge in [-0.3, -0.25) is 4.79 Å². The number of alkyl halides is 1. The molecule has 0 bridgehead atoms. The van der Waals surface area contributed by atoms with Gasteiger partial charge in [-0.1, -0.05) is 25.2 Å². The molecule has 6 nitrogen and oxygen atoms in total. The number of hydrogen-bond donors (Lipinski definition) is 1. The van der Waals surface area contributed by atoms with Crippen LogP contribution in [0.4, 0.5) is 5.13 Å². The van der Waals surface area contributed by atoms with Crippen molar-refractivity contribution in [3.05, 3.63) is 0 Å². The Labute approximate surface area is 115 Å². The first-order valence-corrected chi connectivity index (χ1v) is 8.34. The Kier molecular flexibility index (Phi) is 5.48. The lowest BCUT2D eigenvalue weighted by molar-refractivity contribution is -0.119. The van der Waals surface area contributed by atoms with Crippen molar-refractivity contribution in [2.75, 3.05) is 16.9 Å². The molecule has 0 radical (unpaired) electrons. The lowest BCUT2D eigenvalue weighted by Crippen LogP contribution is -2.20. The zero-order valence-electron chi connectivity index (χ0n) is 10.0. The van der Waals surface area contributed by atoms with Crippen LogP contribution in [0.25, 0.3) is 0 Å². The molecule has 1 amide bonds. The second-order valence-corrected chi connectivity index (χ2v) is 7.45. The molecule has 0 aliphatic carbocycles. The molecular weight excluding hydrogens is 298 g/mol. The first-order valence-electron chi connectivity index (χ1n) is 5.33. The second kappa shape index (κ2) is 6.44. The van der Waals surface area contributed by atoms with E-state index in [4.69, 9.17) is 11.6 Å². The molecule has 0 spiro atoms. The Bertz CT molecular complexity index is 515. The predicted octanol–water partition coefficient (Wildman–Crippen LogP) is 1.54. The van der Waals surface area contributed by atoms with Crippen molar-refractivity contribution in [3.63, 3.8) is 0 Å². The first-order chi connectivity index (χ1) is 8.40. The lowest BCUT2D eigenvalue weighted by Gasteiger charge is -2.07. The summed E-state index contributed by atoms with van der Waals surface area (Å²) >= 11 is 6.39. The molecule has 1 heterocycles. The van der Waals surface area contributed by atoms with Gasteiger partial charge in [-0.15, -0.1) is 21.8 Å². The largest absolute Gasteiger partial charge is 0.300 e. The summed E-state index contributed by atoms with van der Waals surface area (Å²) in [5.74, 6) is -0.150. The van der Waals surface area contributed by atoms with Gasteiger partial charge in [0.05, 0.1) is 5.75 Å². The van der Waals surface area contributed by atoms with Gasteiger partial charge in [-0.05, 0) is 6.42 Å². The predicted molar refractivity (Wildman–Crippen MR) is 70.8 cm³/mol. The van der Waals surface area contributed by atoms with Gasteiger partial charge in [0, 0.05) is 11.8 Å². The van der Waals surface area contributed by atoms with Gasteiger partial charge in [-0.25, -0.2) is 8.42 Å². The number of rotatable bonds is 6. The minimum atomic E-state index is -3.37. The van der Waals surface area contributed by atoms with Gasteiger partial charge in [0.1, 0.15) is 0 Å². The maximum atomic E-state index is 11.7. The minimum Gasteiger partial charge on any atom is -0.300 e. The number of anilines is 1. The van der Waals surface area contributed by atoms with E-state index in [1.54, 1.807) is 6.92 Å². The molecule has 0 aliphatic rings. The van der Waals surface area contributed by atoms with Crippen LogP contribution in [0.3, 0.4) is 0 Å². The summed E-state index contributed by atoms with van der Waals surface area (Å²) in [6, 6.07) is 0. The van der Waals surface area contributed by atoms with E-state index in [0.717, 1.165) is 11.3 Å². The Hall–Kier alpha value is -0.730. The van der Waals surface area contributed by atoms with Crippen molar-refractivity contribution in [2.45, 2.75) is 24.6 Å². The molecule has 1 atom stereocenters. The van der Waals surface area contributed by atoms with Crippen LogP contribution in [0.5, 0.6) is 0 Å². The fourth-order valence-corrected chi connectivity index (χ4v) is 3.35. The molecule has 9 heteroatoms. The molecule has 1 N–H and O–H groups in total. The number of nitrogens with zero attached hydrogens (tertiary/aromatic N) is 2. The number of carbonyl (C=O) groups is 1. The van der Waals surface area contributed by atoms with Gasteiger partial charge < -0.3 is 5.32 Å². The summed E-state index contributed by atoms with van der Waals surface area (Å²) in [4.78, 5) is 11.7. The van der Waals surface area contributed by atoms with E-state index in [2.05, 4.69) is 15.5 Å². The van der Waals surface area contributed by atoms with Crippen molar-refractivity contribution in [3.8, 4) is 0 Å². The van der Waals surface area contributed by atoms with E-state index in [1.807, 2.05) is 0 Å². The van der Waals surface area contributed by atoms with Crippen LogP contribution in [0.15, 0.2) is 4.34 Å². The van der Waals surface area contributed by atoms with Crippen molar-refractivity contribution in [2.24, 2.45) is 5.92 Å². The Morgan fingerprint density at radius 2 is 2.17 bits per heavy atom. The fraction of sp³-hybridized carbons (Fsp3) is 0.667. The Balaban J connectivity index is 2.73. The molecular formula is C9H14ClN3O3S2. The average molecular weight is 312 g/mol. The third-order valence-corrected chi connectivity index (χ3v) is 5.51. The Morgan fingerprint density at radius 1 is 1.50 bits per heavy atom. The van der Waals surface area contributed by atoms with Gasteiger partial charge >= 0.3 is 0 Å². The standard InChI is InChI=1S/C9H14ClN3O3S2/c1-3-18(15,16)9-13-12-8(17-9)11-7(14)6(2)4-5-10/h6H,3-5H2,1-2H3,(H,11,12,14). The quantitative estimate of drug-likeness (QED) is 0.636. The highest BCUT2D eigenvalue weighted by Gasteiger charge is 2.20. The maximum Gasteiger partial charge on any atom is 0.234 e. The van der Waals surface area contributed by atoms with Crippen LogP contribution >= 0.6 is 22.9 Å². The molecule has 0 saturated heterocycles. The molecule has 18 heavy (non-hydrogen) atoms. The smallest absolute Gasteiger partial charge is 0.234 e. The van der Waals surface area contributed by atoms with E-state index in [-0.39, 0.29) is 27.0 Å². The van der Waals surface area contributed by atoms with Crippen LogP contribution in [0.2, 0.25) is 0 Å². The molecule has 0 saturated carbocycles. The van der Waals surface area contributed by atoms with Crippen molar-refractivity contribution < 1.29 is 13.2 Å². The monoisotopic (exact) mass is 311 g/mol. The molecule has 1 unspecified atom stereocenters. The number of aromatic nitrogens is 2. The van der Waals surface area contributed by atoms with E-state index >= 15 is 0 Å². The summed E-state index contributed by atoms with van der Waals surface area (Å²) < 4.78 is 22.9. The van der Waals surface area contributed by atoms with Crippen LogP contribution in [-0.4, -0.2) is 36.2 Å². The minimum absolute atomic E-state index is 0.0434. The number of nitrogens with one attached hydrogen (secondary N) is 1. The molecule has 1 rings (SSSR count). The highest BCUT2D eigenvalue weighted by molar-refractivity contribution is 7.93. The number of amides is 1. The van der Waals surface area contributed by atoms with Crippen molar-refractivity contribution in [1.82, 2.24) is 10.2 Å². The number of halogens is 1. The summed E-state index contributed by atoms with van der Waals surface area (Å²) in [7, 11) is -3.37. The number of sulfone groups is 1. The summed E-state index contributed by atoms with van der Waals surface area (Å²) in [5, 5.41) is 9.91. The van der Waals surface area contributed by atoms with E-state index in [0.29, 0.717) is 12.3 Å². The van der Waals surface area contributed by atoms with E-state index in [1.165, 1.54) is 6.92 Å². The topological polar surface area (TPSA) is 89.0 Å². The van der Waals surface area contributed by atoms with Crippen LogP contribution in [-0.2, 0) is 14.6 Å². The summed E-state index contributed by atoms with van der Waals surface area (Å²) in [6.07, 6.45) is 0.548. The molecule has 102 valence electrons. The van der Waals surface area contributed by atoms with E-state index < -0.39 is 9.84 Å². The number of hydrogen-bond acceptors (Lipinski definition) is 6. The maximum absolute atomic E-state index is 11.7. The van der Waals surface area contributed by atoms with Crippen LogP contribution < -0.4 is 5.32 Å². The normalized spacial score (nSPS) is 13.3. The van der Waals surface area contributed by atoms with Crippen LogP contribution in [0, 0.1) is 5.92 Å². The molecule has 0 fully saturated rings.